The minimum absolute atomic E-state index is 0.237. The van der Waals surface area contributed by atoms with E-state index in [1.807, 2.05) is 0 Å². The molecule has 0 saturated carbocycles. The zero-order chi connectivity index (χ0) is 25.4. The molecule has 0 atom stereocenters. The van der Waals surface area contributed by atoms with E-state index in [9.17, 15) is 28.0 Å². The van der Waals surface area contributed by atoms with Crippen LogP contribution in [0.25, 0.3) is 6.08 Å². The highest BCUT2D eigenvalue weighted by Gasteiger charge is 2.33. The van der Waals surface area contributed by atoms with Crippen molar-refractivity contribution in [1.29, 1.82) is 5.26 Å². The lowest BCUT2D eigenvalue weighted by molar-refractivity contribution is -0.137. The summed E-state index contributed by atoms with van der Waals surface area (Å²) in [4.78, 5) is 23.9. The van der Waals surface area contributed by atoms with E-state index in [1.165, 1.54) is 25.3 Å². The molecule has 9 heteroatoms. The van der Waals surface area contributed by atoms with Gasteiger partial charge in [-0.05, 0) is 53.6 Å². The van der Waals surface area contributed by atoms with Gasteiger partial charge in [-0.1, -0.05) is 36.4 Å². The summed E-state index contributed by atoms with van der Waals surface area (Å²) in [5.41, 5.74) is -0.0747. The molecule has 1 amide bonds. The molecule has 3 rings (SSSR count). The number of amides is 1. The van der Waals surface area contributed by atoms with E-state index in [0.29, 0.717) is 16.9 Å². The predicted molar refractivity (Wildman–Crippen MR) is 122 cm³/mol. The smallest absolute Gasteiger partial charge is 0.418 e. The Labute approximate surface area is 199 Å². The van der Waals surface area contributed by atoms with Crippen molar-refractivity contribution in [3.05, 3.63) is 101 Å². The molecular weight excluding hydrogens is 461 g/mol. The molecule has 178 valence electrons. The third kappa shape index (κ3) is 6.71. The SMILES string of the molecule is COC(=O)c1ccc(COc2ccc(/C=C(\C#N)C(=O)Nc3ccccc3C(F)(F)F)cc2)cc1. The van der Waals surface area contributed by atoms with Crippen molar-refractivity contribution in [2.45, 2.75) is 12.8 Å². The number of nitrogens with one attached hydrogen (secondary N) is 1. The number of esters is 1. The zero-order valence-electron chi connectivity index (χ0n) is 18.4. The number of benzene rings is 3. The molecule has 6 nitrogen and oxygen atoms in total. The van der Waals surface area contributed by atoms with Crippen molar-refractivity contribution < 1.29 is 32.2 Å². The van der Waals surface area contributed by atoms with Gasteiger partial charge < -0.3 is 14.8 Å². The second-order valence-corrected chi connectivity index (χ2v) is 7.21. The molecule has 3 aromatic carbocycles. The molecule has 35 heavy (non-hydrogen) atoms. The molecule has 0 heterocycles. The van der Waals surface area contributed by atoms with Gasteiger partial charge in [0.25, 0.3) is 5.91 Å². The monoisotopic (exact) mass is 480 g/mol. The van der Waals surface area contributed by atoms with Crippen LogP contribution in [0.1, 0.15) is 27.0 Å². The fourth-order valence-corrected chi connectivity index (χ4v) is 3.03. The van der Waals surface area contributed by atoms with E-state index < -0.39 is 29.3 Å². The Balaban J connectivity index is 1.65. The number of alkyl halides is 3. The normalized spacial score (nSPS) is 11.3. The highest BCUT2D eigenvalue weighted by molar-refractivity contribution is 6.10. The molecule has 0 saturated heterocycles. The van der Waals surface area contributed by atoms with Crippen molar-refractivity contribution in [3.8, 4) is 11.8 Å². The number of hydrogen-bond donors (Lipinski definition) is 1. The van der Waals surface area contributed by atoms with Gasteiger partial charge in [0.1, 0.15) is 24.0 Å². The van der Waals surface area contributed by atoms with Crippen LogP contribution in [0, 0.1) is 11.3 Å². The lowest BCUT2D eigenvalue weighted by Crippen LogP contribution is -2.17. The summed E-state index contributed by atoms with van der Waals surface area (Å²) in [5.74, 6) is -0.878. The first kappa shape index (κ1) is 25.1. The molecule has 0 radical (unpaired) electrons. The highest BCUT2D eigenvalue weighted by atomic mass is 19.4. The van der Waals surface area contributed by atoms with Crippen molar-refractivity contribution in [2.75, 3.05) is 12.4 Å². The van der Waals surface area contributed by atoms with E-state index in [0.717, 1.165) is 17.7 Å². The molecule has 0 spiro atoms. The lowest BCUT2D eigenvalue weighted by atomic mass is 10.1. The van der Waals surface area contributed by atoms with Crippen molar-refractivity contribution in [1.82, 2.24) is 0 Å². The number of ether oxygens (including phenoxy) is 2. The standard InChI is InChI=1S/C26H19F3N2O4/c1-34-25(33)19-10-6-18(7-11-19)16-35-21-12-8-17(9-13-21)14-20(15-30)24(32)31-23-5-3-2-4-22(23)26(27,28)29/h2-14H,16H2,1H3,(H,31,32)/b20-14+. The van der Waals surface area contributed by atoms with Crippen LogP contribution < -0.4 is 10.1 Å². The molecule has 3 aromatic rings. The number of para-hydroxylation sites is 1. The molecule has 0 aromatic heterocycles. The molecule has 0 aliphatic rings. The van der Waals surface area contributed by atoms with Gasteiger partial charge in [-0.25, -0.2) is 4.79 Å². The Kier molecular flexibility index (Phi) is 7.89. The van der Waals surface area contributed by atoms with E-state index in [2.05, 4.69) is 10.1 Å². The Morgan fingerprint density at radius 3 is 2.26 bits per heavy atom. The third-order valence-electron chi connectivity index (χ3n) is 4.82. The second-order valence-electron chi connectivity index (χ2n) is 7.21. The molecular formula is C26H19F3N2O4. The Morgan fingerprint density at radius 2 is 1.66 bits per heavy atom. The number of rotatable bonds is 7. The Morgan fingerprint density at radius 1 is 1.00 bits per heavy atom. The number of nitriles is 1. The van der Waals surface area contributed by atoms with Crippen molar-refractivity contribution in [2.24, 2.45) is 0 Å². The molecule has 0 aliphatic carbocycles. The van der Waals surface area contributed by atoms with Gasteiger partial charge in [0, 0.05) is 0 Å². The van der Waals surface area contributed by atoms with E-state index in [4.69, 9.17) is 4.74 Å². The number of carbonyl (C=O) groups is 2. The summed E-state index contributed by atoms with van der Waals surface area (Å²) >= 11 is 0. The number of halogens is 3. The van der Waals surface area contributed by atoms with Crippen LogP contribution in [0.2, 0.25) is 0 Å². The first-order valence-electron chi connectivity index (χ1n) is 10.2. The summed E-state index contributed by atoms with van der Waals surface area (Å²) in [6.45, 7) is 0.237. The van der Waals surface area contributed by atoms with Gasteiger partial charge in [0.15, 0.2) is 0 Å². The first-order chi connectivity index (χ1) is 16.7. The number of methoxy groups -OCH3 is 1. The minimum atomic E-state index is -4.65. The van der Waals surface area contributed by atoms with Crippen LogP contribution in [-0.4, -0.2) is 19.0 Å². The van der Waals surface area contributed by atoms with Crippen LogP contribution in [0.5, 0.6) is 5.75 Å². The number of anilines is 1. The van der Waals surface area contributed by atoms with Crippen molar-refractivity contribution >= 4 is 23.6 Å². The lowest BCUT2D eigenvalue weighted by Gasteiger charge is -2.13. The van der Waals surface area contributed by atoms with Crippen LogP contribution >= 0.6 is 0 Å². The van der Waals surface area contributed by atoms with E-state index in [1.54, 1.807) is 54.6 Å². The highest BCUT2D eigenvalue weighted by Crippen LogP contribution is 2.34. The minimum Gasteiger partial charge on any atom is -0.489 e. The van der Waals surface area contributed by atoms with E-state index >= 15 is 0 Å². The maximum atomic E-state index is 13.1. The molecule has 0 aliphatic heterocycles. The molecule has 0 fully saturated rings. The number of nitrogens with zero attached hydrogens (tertiary/aromatic N) is 1. The van der Waals surface area contributed by atoms with E-state index in [-0.39, 0.29) is 12.2 Å². The van der Waals surface area contributed by atoms with Crippen molar-refractivity contribution in [3.63, 3.8) is 0 Å². The molecule has 0 unspecified atom stereocenters. The fourth-order valence-electron chi connectivity index (χ4n) is 3.03. The maximum absolute atomic E-state index is 13.1. The third-order valence-corrected chi connectivity index (χ3v) is 4.82. The number of carbonyl (C=O) groups excluding carboxylic acids is 2. The van der Waals surface area contributed by atoms with Crippen LogP contribution in [-0.2, 0) is 22.3 Å². The predicted octanol–water partition coefficient (Wildman–Crippen LogP) is 5.62. The number of hydrogen-bond acceptors (Lipinski definition) is 5. The van der Waals surface area contributed by atoms with Gasteiger partial charge in [0.05, 0.1) is 23.9 Å². The van der Waals surface area contributed by atoms with Gasteiger partial charge >= 0.3 is 12.1 Å². The average Bonchev–Trinajstić information content (AvgIpc) is 2.86. The van der Waals surface area contributed by atoms with Gasteiger partial charge in [-0.3, -0.25) is 4.79 Å². The second kappa shape index (κ2) is 11.0. The summed E-state index contributed by atoms with van der Waals surface area (Å²) in [6.07, 6.45) is -3.39. The first-order valence-corrected chi connectivity index (χ1v) is 10.2. The van der Waals surface area contributed by atoms with Crippen LogP contribution in [0.3, 0.4) is 0 Å². The average molecular weight is 480 g/mol. The Bertz CT molecular complexity index is 1280. The Hall–Kier alpha value is -4.58. The summed E-state index contributed by atoms with van der Waals surface area (Å²) < 4.78 is 49.8. The van der Waals surface area contributed by atoms with Gasteiger partial charge in [-0.15, -0.1) is 0 Å². The zero-order valence-corrected chi connectivity index (χ0v) is 18.4. The molecule has 1 N–H and O–H groups in total. The quantitative estimate of drug-likeness (QED) is 0.270. The summed E-state index contributed by atoms with van der Waals surface area (Å²) in [6, 6.07) is 19.4. The van der Waals surface area contributed by atoms with Crippen LogP contribution in [0.4, 0.5) is 18.9 Å². The fraction of sp³-hybridized carbons (Fsp3) is 0.115. The van der Waals surface area contributed by atoms with Crippen LogP contribution in [0.15, 0.2) is 78.4 Å². The summed E-state index contributed by atoms with van der Waals surface area (Å²) in [5, 5.41) is 11.5. The summed E-state index contributed by atoms with van der Waals surface area (Å²) in [7, 11) is 1.30. The largest absolute Gasteiger partial charge is 0.489 e. The molecule has 0 bridgehead atoms. The van der Waals surface area contributed by atoms with Gasteiger partial charge in [0.2, 0.25) is 0 Å². The topological polar surface area (TPSA) is 88.4 Å². The van der Waals surface area contributed by atoms with Gasteiger partial charge in [-0.2, -0.15) is 18.4 Å². The maximum Gasteiger partial charge on any atom is 0.418 e.